The Bertz CT molecular complexity index is 669. The molecule has 0 aliphatic heterocycles. The Kier molecular flexibility index (Phi) is 4.36. The second-order valence-corrected chi connectivity index (χ2v) is 4.20. The molecule has 1 amide bonds. The molecular formula is C15H12N2O4. The van der Waals surface area contributed by atoms with Crippen molar-refractivity contribution >= 4 is 17.6 Å². The molecule has 2 rings (SSSR count). The van der Waals surface area contributed by atoms with Crippen LogP contribution in [0.15, 0.2) is 47.1 Å². The number of esters is 1. The first kappa shape index (κ1) is 14.3. The van der Waals surface area contributed by atoms with Crippen molar-refractivity contribution in [2.75, 3.05) is 5.32 Å². The number of carbonyl (C=O) groups excluding carboxylic acids is 2. The summed E-state index contributed by atoms with van der Waals surface area (Å²) in [5, 5.41) is 11.3. The van der Waals surface area contributed by atoms with E-state index in [4.69, 9.17) is 14.4 Å². The van der Waals surface area contributed by atoms with Gasteiger partial charge < -0.3 is 14.5 Å². The van der Waals surface area contributed by atoms with E-state index in [2.05, 4.69) is 5.32 Å². The van der Waals surface area contributed by atoms with Crippen molar-refractivity contribution in [2.24, 2.45) is 0 Å². The van der Waals surface area contributed by atoms with Gasteiger partial charge in [-0.15, -0.1) is 0 Å². The van der Waals surface area contributed by atoms with E-state index in [1.807, 2.05) is 6.07 Å². The van der Waals surface area contributed by atoms with Crippen molar-refractivity contribution in [3.63, 3.8) is 0 Å². The molecule has 0 aliphatic rings. The number of nitriles is 1. The Balaban J connectivity index is 1.93. The Hall–Kier alpha value is -3.07. The van der Waals surface area contributed by atoms with Crippen LogP contribution < -0.4 is 5.32 Å². The molecule has 21 heavy (non-hydrogen) atoms. The van der Waals surface area contributed by atoms with Crippen molar-refractivity contribution < 1.29 is 18.7 Å². The van der Waals surface area contributed by atoms with Gasteiger partial charge in [-0.3, -0.25) is 4.79 Å². The minimum Gasteiger partial charge on any atom is -0.457 e. The van der Waals surface area contributed by atoms with Crippen molar-refractivity contribution in [2.45, 2.75) is 13.0 Å². The lowest BCUT2D eigenvalue weighted by Gasteiger charge is -2.12. The molecule has 2 aromatic rings. The van der Waals surface area contributed by atoms with Gasteiger partial charge in [-0.25, -0.2) is 4.79 Å². The molecule has 106 valence electrons. The molecule has 1 N–H and O–H groups in total. The molecule has 0 spiro atoms. The number of hydrogen-bond acceptors (Lipinski definition) is 5. The number of rotatable bonds is 4. The summed E-state index contributed by atoms with van der Waals surface area (Å²) in [6.45, 7) is 1.46. The molecular weight excluding hydrogens is 272 g/mol. The number of ether oxygens (including phenoxy) is 1. The van der Waals surface area contributed by atoms with Crippen LogP contribution in [0, 0.1) is 11.3 Å². The highest BCUT2D eigenvalue weighted by atomic mass is 16.6. The average molecular weight is 284 g/mol. The predicted octanol–water partition coefficient (Wildman–Crippen LogP) is 2.34. The highest BCUT2D eigenvalue weighted by Gasteiger charge is 2.20. The normalized spacial score (nSPS) is 11.2. The summed E-state index contributed by atoms with van der Waals surface area (Å²) < 4.78 is 9.86. The van der Waals surface area contributed by atoms with Crippen molar-refractivity contribution in [3.8, 4) is 6.07 Å². The average Bonchev–Trinajstić information content (AvgIpc) is 3.02. The number of carbonyl (C=O) groups is 2. The zero-order valence-electron chi connectivity index (χ0n) is 11.2. The monoisotopic (exact) mass is 284 g/mol. The number of hydrogen-bond donors (Lipinski definition) is 1. The lowest BCUT2D eigenvalue weighted by molar-refractivity contribution is -0.123. The zero-order chi connectivity index (χ0) is 15.2. The molecule has 0 saturated carbocycles. The topological polar surface area (TPSA) is 92.3 Å². The molecule has 1 aromatic carbocycles. The van der Waals surface area contributed by atoms with Crippen LogP contribution in [-0.2, 0) is 9.53 Å². The molecule has 1 aromatic heterocycles. The third kappa shape index (κ3) is 3.70. The van der Waals surface area contributed by atoms with Crippen LogP contribution in [0.2, 0.25) is 0 Å². The van der Waals surface area contributed by atoms with Gasteiger partial charge in [0.05, 0.1) is 17.9 Å². The highest BCUT2D eigenvalue weighted by molar-refractivity contribution is 5.96. The van der Waals surface area contributed by atoms with Crippen molar-refractivity contribution in [1.29, 1.82) is 5.26 Å². The molecule has 1 heterocycles. The van der Waals surface area contributed by atoms with E-state index in [0.717, 1.165) is 0 Å². The second kappa shape index (κ2) is 6.39. The molecule has 0 fully saturated rings. The fourth-order valence-corrected chi connectivity index (χ4v) is 1.54. The van der Waals surface area contributed by atoms with Gasteiger partial charge in [0.1, 0.15) is 0 Å². The zero-order valence-corrected chi connectivity index (χ0v) is 11.2. The molecule has 0 saturated heterocycles. The quantitative estimate of drug-likeness (QED) is 0.870. The summed E-state index contributed by atoms with van der Waals surface area (Å²) in [6.07, 6.45) is 0.371. The van der Waals surface area contributed by atoms with Gasteiger partial charge in [-0.2, -0.15) is 5.26 Å². The third-order valence-electron chi connectivity index (χ3n) is 2.66. The Morgan fingerprint density at radius 2 is 2.00 bits per heavy atom. The SMILES string of the molecule is C[C@@H](OC(=O)c1ccco1)C(=O)Nc1ccc(C#N)cc1. The molecule has 6 heteroatoms. The van der Waals surface area contributed by atoms with Crippen molar-refractivity contribution in [3.05, 3.63) is 54.0 Å². The number of anilines is 1. The Labute approximate surface area is 120 Å². The first-order valence-electron chi connectivity index (χ1n) is 6.15. The van der Waals surface area contributed by atoms with Crippen LogP contribution in [0.3, 0.4) is 0 Å². The molecule has 0 aliphatic carbocycles. The van der Waals surface area contributed by atoms with Gasteiger partial charge in [-0.05, 0) is 43.3 Å². The Morgan fingerprint density at radius 1 is 1.29 bits per heavy atom. The number of amides is 1. The summed E-state index contributed by atoms with van der Waals surface area (Å²) in [7, 11) is 0. The maximum absolute atomic E-state index is 11.9. The van der Waals surface area contributed by atoms with E-state index >= 15 is 0 Å². The van der Waals surface area contributed by atoms with E-state index in [0.29, 0.717) is 11.3 Å². The van der Waals surface area contributed by atoms with E-state index in [-0.39, 0.29) is 5.76 Å². The van der Waals surface area contributed by atoms with Crippen LogP contribution in [-0.4, -0.2) is 18.0 Å². The molecule has 0 radical (unpaired) electrons. The summed E-state index contributed by atoms with van der Waals surface area (Å²) in [6, 6.07) is 11.3. The van der Waals surface area contributed by atoms with Gasteiger partial charge >= 0.3 is 5.97 Å². The van der Waals surface area contributed by atoms with Gasteiger partial charge in [-0.1, -0.05) is 0 Å². The summed E-state index contributed by atoms with van der Waals surface area (Å²) in [5.41, 5.74) is 1.00. The van der Waals surface area contributed by atoms with Crippen LogP contribution in [0.4, 0.5) is 5.69 Å². The first-order valence-corrected chi connectivity index (χ1v) is 6.15. The fourth-order valence-electron chi connectivity index (χ4n) is 1.54. The van der Waals surface area contributed by atoms with Crippen LogP contribution in [0.5, 0.6) is 0 Å². The Morgan fingerprint density at radius 3 is 2.57 bits per heavy atom. The lowest BCUT2D eigenvalue weighted by atomic mass is 10.2. The summed E-state index contributed by atoms with van der Waals surface area (Å²) >= 11 is 0. The lowest BCUT2D eigenvalue weighted by Crippen LogP contribution is -2.29. The smallest absolute Gasteiger partial charge is 0.374 e. The van der Waals surface area contributed by atoms with Crippen LogP contribution in [0.1, 0.15) is 23.0 Å². The number of nitrogens with one attached hydrogen (secondary N) is 1. The first-order chi connectivity index (χ1) is 10.1. The molecule has 0 unspecified atom stereocenters. The number of benzene rings is 1. The minimum absolute atomic E-state index is 0.0352. The van der Waals surface area contributed by atoms with Crippen LogP contribution >= 0.6 is 0 Å². The van der Waals surface area contributed by atoms with Gasteiger partial charge in [0.2, 0.25) is 5.76 Å². The molecule has 6 nitrogen and oxygen atoms in total. The van der Waals surface area contributed by atoms with Gasteiger partial charge in [0.15, 0.2) is 6.10 Å². The fraction of sp³-hybridized carbons (Fsp3) is 0.133. The largest absolute Gasteiger partial charge is 0.457 e. The molecule has 1 atom stereocenters. The van der Waals surface area contributed by atoms with Gasteiger partial charge in [0.25, 0.3) is 5.91 Å². The van der Waals surface area contributed by atoms with E-state index in [9.17, 15) is 9.59 Å². The summed E-state index contributed by atoms with van der Waals surface area (Å²) in [4.78, 5) is 23.5. The second-order valence-electron chi connectivity index (χ2n) is 4.20. The maximum atomic E-state index is 11.9. The minimum atomic E-state index is -0.974. The third-order valence-corrected chi connectivity index (χ3v) is 2.66. The van der Waals surface area contributed by atoms with Crippen LogP contribution in [0.25, 0.3) is 0 Å². The molecule has 0 bridgehead atoms. The van der Waals surface area contributed by atoms with Crippen molar-refractivity contribution in [1.82, 2.24) is 0 Å². The number of nitrogens with zero attached hydrogens (tertiary/aromatic N) is 1. The van der Waals surface area contributed by atoms with Gasteiger partial charge in [0, 0.05) is 5.69 Å². The highest BCUT2D eigenvalue weighted by Crippen LogP contribution is 2.11. The van der Waals surface area contributed by atoms with E-state index < -0.39 is 18.0 Å². The standard InChI is InChI=1S/C15H12N2O4/c1-10(21-15(19)13-3-2-8-20-13)14(18)17-12-6-4-11(9-16)5-7-12/h2-8,10H,1H3,(H,17,18)/t10-/m1/s1. The van der Waals surface area contributed by atoms with E-state index in [1.165, 1.54) is 19.3 Å². The predicted molar refractivity (Wildman–Crippen MR) is 73.4 cm³/mol. The summed E-state index contributed by atoms with van der Waals surface area (Å²) in [5.74, 6) is -1.14. The maximum Gasteiger partial charge on any atom is 0.374 e. The van der Waals surface area contributed by atoms with E-state index in [1.54, 1.807) is 30.3 Å². The number of furan rings is 1.